The lowest BCUT2D eigenvalue weighted by molar-refractivity contribution is -0.142. The summed E-state index contributed by atoms with van der Waals surface area (Å²) in [6.07, 6.45) is 1.52. The van der Waals surface area contributed by atoms with E-state index in [0.717, 1.165) is 0 Å². The minimum atomic E-state index is -1.39. The predicted octanol–water partition coefficient (Wildman–Crippen LogP) is -2.57. The lowest BCUT2D eigenvalue weighted by Gasteiger charge is -2.24. The lowest BCUT2D eigenvalue weighted by Crippen LogP contribution is -2.57. The number of aliphatic carboxylic acids is 1. The number of primary amides is 1. The normalized spacial score (nSPS) is 14.9. The molecule has 0 aromatic heterocycles. The van der Waals surface area contributed by atoms with Gasteiger partial charge in [0.05, 0.1) is 12.5 Å². The second-order valence-electron chi connectivity index (χ2n) is 5.93. The van der Waals surface area contributed by atoms with Gasteiger partial charge in [0.2, 0.25) is 23.6 Å². The highest BCUT2D eigenvalue weighted by Gasteiger charge is 2.29. The molecule has 0 spiro atoms. The molecule has 0 fully saturated rings. The quantitative estimate of drug-likeness (QED) is 0.153. The first-order chi connectivity index (χ1) is 13.0. The molecule has 0 aliphatic rings. The molecular weight excluding hydrogens is 410 g/mol. The first kappa shape index (κ1) is 26.0. The summed E-state index contributed by atoms with van der Waals surface area (Å²) in [4.78, 5) is 58.9. The minimum absolute atomic E-state index is 0.0719. The largest absolute Gasteiger partial charge is 0.480 e. The molecule has 160 valence electrons. The van der Waals surface area contributed by atoms with E-state index in [1.165, 1.54) is 18.7 Å². The fraction of sp³-hybridized carbons (Fsp3) is 0.667. The number of carboxylic acids is 1. The van der Waals surface area contributed by atoms with Crippen LogP contribution in [0.3, 0.4) is 0 Å². The highest BCUT2D eigenvalue weighted by Crippen LogP contribution is 2.04. The van der Waals surface area contributed by atoms with Crippen LogP contribution in [-0.2, 0) is 24.0 Å². The van der Waals surface area contributed by atoms with Gasteiger partial charge in [0.25, 0.3) is 0 Å². The summed E-state index contributed by atoms with van der Waals surface area (Å²) in [7, 11) is 0. The van der Waals surface area contributed by atoms with Crippen molar-refractivity contribution in [1.29, 1.82) is 0 Å². The summed E-state index contributed by atoms with van der Waals surface area (Å²) in [6.45, 7) is 1.23. The number of rotatable bonds is 13. The molecule has 11 nitrogen and oxygen atoms in total. The molecule has 0 aromatic rings. The van der Waals surface area contributed by atoms with Crippen molar-refractivity contribution in [2.24, 2.45) is 11.5 Å². The van der Waals surface area contributed by atoms with Crippen molar-refractivity contribution >= 4 is 54.0 Å². The van der Waals surface area contributed by atoms with Crippen LogP contribution in [0.2, 0.25) is 0 Å². The lowest BCUT2D eigenvalue weighted by atomic mass is 10.1. The van der Waals surface area contributed by atoms with Crippen molar-refractivity contribution in [2.75, 3.05) is 17.8 Å². The fourth-order valence-corrected chi connectivity index (χ4v) is 2.56. The van der Waals surface area contributed by atoms with Gasteiger partial charge in [0, 0.05) is 5.75 Å². The van der Waals surface area contributed by atoms with Crippen LogP contribution in [-0.4, -0.2) is 76.6 Å². The molecule has 4 atom stereocenters. The minimum Gasteiger partial charge on any atom is -0.480 e. The summed E-state index contributed by atoms with van der Waals surface area (Å²) in [6, 6.07) is -4.56. The van der Waals surface area contributed by atoms with E-state index < -0.39 is 60.2 Å². The van der Waals surface area contributed by atoms with E-state index in [0.29, 0.717) is 5.75 Å². The Kier molecular flexibility index (Phi) is 12.3. The predicted molar refractivity (Wildman–Crippen MR) is 108 cm³/mol. The molecule has 0 aliphatic heterocycles. The van der Waals surface area contributed by atoms with Crippen molar-refractivity contribution in [3.8, 4) is 0 Å². The summed E-state index contributed by atoms with van der Waals surface area (Å²) < 4.78 is 0. The number of carboxylic acid groups (broad SMARTS) is 1. The maximum Gasteiger partial charge on any atom is 0.325 e. The molecule has 0 saturated heterocycles. The van der Waals surface area contributed by atoms with Gasteiger partial charge in [-0.15, -0.1) is 0 Å². The maximum absolute atomic E-state index is 12.6. The first-order valence-electron chi connectivity index (χ1n) is 8.31. The molecule has 0 aromatic carbocycles. The third-order valence-electron chi connectivity index (χ3n) is 3.54. The zero-order valence-electron chi connectivity index (χ0n) is 15.6. The molecule has 13 heteroatoms. The number of carbonyl (C=O) groups excluding carboxylic acids is 4. The van der Waals surface area contributed by atoms with Crippen molar-refractivity contribution in [1.82, 2.24) is 16.0 Å². The van der Waals surface area contributed by atoms with E-state index in [2.05, 4.69) is 28.6 Å². The van der Waals surface area contributed by atoms with Crippen molar-refractivity contribution in [3.63, 3.8) is 0 Å². The Hall–Kier alpha value is -1.99. The molecule has 0 bridgehead atoms. The van der Waals surface area contributed by atoms with E-state index in [1.807, 2.05) is 6.26 Å². The number of hydrogen-bond donors (Lipinski definition) is 7. The summed E-state index contributed by atoms with van der Waals surface area (Å²) in [5.74, 6) is -3.76. The number of carbonyl (C=O) groups is 5. The number of thiol groups is 1. The number of nitrogens with two attached hydrogens (primary N) is 2. The maximum atomic E-state index is 12.6. The number of hydrogen-bond acceptors (Lipinski definition) is 8. The summed E-state index contributed by atoms with van der Waals surface area (Å²) >= 11 is 5.36. The van der Waals surface area contributed by atoms with Gasteiger partial charge in [-0.3, -0.25) is 24.0 Å². The fourth-order valence-electron chi connectivity index (χ4n) is 1.92. The average Bonchev–Trinajstić information content (AvgIpc) is 2.62. The molecule has 28 heavy (non-hydrogen) atoms. The Labute approximate surface area is 172 Å². The Morgan fingerprint density at radius 3 is 2.04 bits per heavy atom. The van der Waals surface area contributed by atoms with Crippen LogP contribution < -0.4 is 27.4 Å². The second kappa shape index (κ2) is 13.2. The van der Waals surface area contributed by atoms with E-state index >= 15 is 0 Å². The van der Waals surface area contributed by atoms with E-state index in [1.54, 1.807) is 0 Å². The van der Waals surface area contributed by atoms with Crippen molar-refractivity contribution in [2.45, 2.75) is 43.9 Å². The second-order valence-corrected chi connectivity index (χ2v) is 7.28. The monoisotopic (exact) mass is 437 g/mol. The highest BCUT2D eigenvalue weighted by atomic mass is 32.2. The third-order valence-corrected chi connectivity index (χ3v) is 4.58. The van der Waals surface area contributed by atoms with Crippen LogP contribution in [0, 0.1) is 0 Å². The Balaban J connectivity index is 5.26. The van der Waals surface area contributed by atoms with E-state index in [-0.39, 0.29) is 12.2 Å². The van der Waals surface area contributed by atoms with E-state index in [4.69, 9.17) is 16.6 Å². The number of thioether (sulfide) groups is 1. The van der Waals surface area contributed by atoms with Gasteiger partial charge in [0.15, 0.2) is 0 Å². The van der Waals surface area contributed by atoms with Crippen LogP contribution >= 0.6 is 24.4 Å². The zero-order chi connectivity index (χ0) is 21.9. The smallest absolute Gasteiger partial charge is 0.325 e. The summed E-state index contributed by atoms with van der Waals surface area (Å²) in [5.41, 5.74) is 10.7. The van der Waals surface area contributed by atoms with Gasteiger partial charge in [-0.25, -0.2) is 0 Å². The molecular formula is C15H27N5O6S2. The van der Waals surface area contributed by atoms with Gasteiger partial charge < -0.3 is 32.5 Å². The van der Waals surface area contributed by atoms with Crippen molar-refractivity contribution < 1.29 is 29.1 Å². The van der Waals surface area contributed by atoms with Gasteiger partial charge in [-0.2, -0.15) is 24.4 Å². The standard InChI is InChI=1S/C15H27N5O6S2/c1-7(15(25)26)18-14(24)10(5-11(17)21)20-13(23)9(3-4-28-2)19-12(22)8(16)6-27/h7-10,27H,3-6,16H2,1-2H3,(H2,17,21)(H,18,24)(H,19,22)(H,20,23)(H,25,26). The average molecular weight is 438 g/mol. The van der Waals surface area contributed by atoms with Crippen LogP contribution in [0.25, 0.3) is 0 Å². The molecule has 0 aliphatic carbocycles. The molecule has 4 amide bonds. The number of amides is 4. The van der Waals surface area contributed by atoms with Gasteiger partial charge >= 0.3 is 5.97 Å². The van der Waals surface area contributed by atoms with Crippen LogP contribution in [0.4, 0.5) is 0 Å². The summed E-state index contributed by atoms with van der Waals surface area (Å²) in [5, 5.41) is 15.8. The van der Waals surface area contributed by atoms with Crippen molar-refractivity contribution in [3.05, 3.63) is 0 Å². The number of nitrogens with one attached hydrogen (secondary N) is 3. The zero-order valence-corrected chi connectivity index (χ0v) is 17.3. The molecule has 0 heterocycles. The third kappa shape index (κ3) is 9.80. The molecule has 0 radical (unpaired) electrons. The van der Waals surface area contributed by atoms with Gasteiger partial charge in [-0.05, 0) is 25.4 Å². The Morgan fingerprint density at radius 2 is 1.57 bits per heavy atom. The van der Waals surface area contributed by atoms with Gasteiger partial charge in [-0.1, -0.05) is 0 Å². The molecule has 8 N–H and O–H groups in total. The van der Waals surface area contributed by atoms with E-state index in [9.17, 15) is 24.0 Å². The van der Waals surface area contributed by atoms with Gasteiger partial charge in [0.1, 0.15) is 18.1 Å². The molecule has 4 unspecified atom stereocenters. The Morgan fingerprint density at radius 1 is 1.04 bits per heavy atom. The first-order valence-corrected chi connectivity index (χ1v) is 10.3. The highest BCUT2D eigenvalue weighted by molar-refractivity contribution is 7.98. The SMILES string of the molecule is CSCCC(NC(=O)C(N)CS)C(=O)NC(CC(N)=O)C(=O)NC(C)C(=O)O. The molecule has 0 rings (SSSR count). The van der Waals surface area contributed by atoms with Crippen LogP contribution in [0.5, 0.6) is 0 Å². The Bertz CT molecular complexity index is 591. The topological polar surface area (TPSA) is 194 Å². The van der Waals surface area contributed by atoms with Crippen LogP contribution in [0.15, 0.2) is 0 Å². The van der Waals surface area contributed by atoms with Crippen LogP contribution in [0.1, 0.15) is 19.8 Å². The molecule has 0 saturated carbocycles.